The van der Waals surface area contributed by atoms with Crippen LogP contribution in [0.5, 0.6) is 0 Å². The number of aromatic nitrogens is 5. The third kappa shape index (κ3) is 2.56. The van der Waals surface area contributed by atoms with Gasteiger partial charge in [0.25, 0.3) is 0 Å². The quantitative estimate of drug-likeness (QED) is 0.575. The summed E-state index contributed by atoms with van der Waals surface area (Å²) < 4.78 is 4.13. The fraction of sp³-hybridized carbons (Fsp3) is 0. The molecule has 3 heterocycles. The smallest absolute Gasteiger partial charge is 0.291 e. The zero-order chi connectivity index (χ0) is 16.5. The van der Waals surface area contributed by atoms with Gasteiger partial charge >= 0.3 is 6.03 Å². The first kappa shape index (κ1) is 14.6. The van der Waals surface area contributed by atoms with Crippen molar-refractivity contribution in [1.82, 2.24) is 23.9 Å². The molecule has 7 nitrogen and oxygen atoms in total. The normalized spacial score (nSPS) is 10.9. The zero-order valence-electron chi connectivity index (χ0n) is 12.3. The maximum absolute atomic E-state index is 12.4. The summed E-state index contributed by atoms with van der Waals surface area (Å²) in [7, 11) is 0. The number of rotatable bonds is 2. The van der Waals surface area contributed by atoms with Crippen LogP contribution in [-0.4, -0.2) is 30.0 Å². The maximum Gasteiger partial charge on any atom is 0.332 e. The summed E-state index contributed by atoms with van der Waals surface area (Å²) in [6.45, 7) is 0. The predicted octanol–water partition coefficient (Wildman–Crippen LogP) is 3.44. The summed E-state index contributed by atoms with van der Waals surface area (Å²) in [6.07, 6.45) is 9.63. The van der Waals surface area contributed by atoms with Crippen molar-refractivity contribution in [2.45, 2.75) is 0 Å². The number of hydrogen-bond donors (Lipinski definition) is 1. The Morgan fingerprint density at radius 1 is 1.08 bits per heavy atom. The lowest BCUT2D eigenvalue weighted by Crippen LogP contribution is -2.19. The van der Waals surface area contributed by atoms with Gasteiger partial charge in [0.05, 0.1) is 6.20 Å². The van der Waals surface area contributed by atoms with Crippen LogP contribution in [0.1, 0.15) is 0 Å². The first-order valence-electron chi connectivity index (χ1n) is 7.10. The molecule has 4 rings (SSSR count). The van der Waals surface area contributed by atoms with E-state index in [9.17, 15) is 4.79 Å². The summed E-state index contributed by atoms with van der Waals surface area (Å²) in [4.78, 5) is 25.0. The summed E-state index contributed by atoms with van der Waals surface area (Å²) >= 11 is 3.42. The molecule has 0 radical (unpaired) electrons. The number of anilines is 1. The SMILES string of the molecule is O=C(Nc1c(-c2ccc(Br)cc2)nc2cnccn12)n1ccnc1. The van der Waals surface area contributed by atoms with Crippen LogP contribution in [-0.2, 0) is 0 Å². The van der Waals surface area contributed by atoms with Gasteiger partial charge in [-0.1, -0.05) is 28.1 Å². The minimum Gasteiger partial charge on any atom is -0.291 e. The molecule has 8 heteroatoms. The molecule has 0 fully saturated rings. The topological polar surface area (TPSA) is 77.1 Å². The van der Waals surface area contributed by atoms with E-state index in [0.29, 0.717) is 17.2 Å². The molecule has 24 heavy (non-hydrogen) atoms. The molecule has 0 aliphatic rings. The first-order chi connectivity index (χ1) is 11.7. The molecule has 118 valence electrons. The number of nitrogens with zero attached hydrogens (tertiary/aromatic N) is 5. The monoisotopic (exact) mass is 382 g/mol. The van der Waals surface area contributed by atoms with Crippen LogP contribution in [0.15, 0.2) is 66.0 Å². The second kappa shape index (κ2) is 5.89. The van der Waals surface area contributed by atoms with Gasteiger partial charge < -0.3 is 0 Å². The van der Waals surface area contributed by atoms with Crippen molar-refractivity contribution >= 4 is 33.4 Å². The third-order valence-electron chi connectivity index (χ3n) is 3.51. The molecule has 0 unspecified atom stereocenters. The number of fused-ring (bicyclic) bond motifs is 1. The van der Waals surface area contributed by atoms with Crippen molar-refractivity contribution in [2.24, 2.45) is 0 Å². The summed E-state index contributed by atoms with van der Waals surface area (Å²) in [5.74, 6) is 0.577. The van der Waals surface area contributed by atoms with Gasteiger partial charge in [-0.3, -0.25) is 19.3 Å². The number of carbonyl (C=O) groups excluding carboxylic acids is 1. The summed E-state index contributed by atoms with van der Waals surface area (Å²) in [5.41, 5.74) is 2.21. The lowest BCUT2D eigenvalue weighted by Gasteiger charge is -2.08. The minimum atomic E-state index is -0.315. The van der Waals surface area contributed by atoms with Crippen molar-refractivity contribution < 1.29 is 4.79 Å². The number of amides is 1. The van der Waals surface area contributed by atoms with Crippen molar-refractivity contribution in [1.29, 1.82) is 0 Å². The van der Waals surface area contributed by atoms with Gasteiger partial charge in [-0.15, -0.1) is 0 Å². The van der Waals surface area contributed by atoms with Gasteiger partial charge in [0, 0.05) is 34.8 Å². The average molecular weight is 383 g/mol. The van der Waals surface area contributed by atoms with Crippen LogP contribution in [0, 0.1) is 0 Å². The van der Waals surface area contributed by atoms with Crippen LogP contribution in [0.4, 0.5) is 10.6 Å². The largest absolute Gasteiger partial charge is 0.332 e. The number of benzene rings is 1. The Balaban J connectivity index is 1.84. The summed E-state index contributed by atoms with van der Waals surface area (Å²) in [6, 6.07) is 7.42. The Hall–Kier alpha value is -3.00. The van der Waals surface area contributed by atoms with Crippen LogP contribution >= 0.6 is 15.9 Å². The van der Waals surface area contributed by atoms with Gasteiger partial charge in [0.15, 0.2) is 5.65 Å². The fourth-order valence-corrected chi connectivity index (χ4v) is 2.64. The Labute approximate surface area is 145 Å². The van der Waals surface area contributed by atoms with E-state index in [4.69, 9.17) is 0 Å². The Morgan fingerprint density at radius 3 is 2.62 bits per heavy atom. The molecule has 4 aromatic rings. The predicted molar refractivity (Wildman–Crippen MR) is 92.8 cm³/mol. The van der Waals surface area contributed by atoms with E-state index in [0.717, 1.165) is 10.0 Å². The number of hydrogen-bond acceptors (Lipinski definition) is 4. The van der Waals surface area contributed by atoms with E-state index in [1.807, 2.05) is 24.3 Å². The third-order valence-corrected chi connectivity index (χ3v) is 4.04. The van der Waals surface area contributed by atoms with Crippen LogP contribution in [0.3, 0.4) is 0 Å². The van der Waals surface area contributed by atoms with Crippen molar-refractivity contribution in [3.63, 3.8) is 0 Å². The van der Waals surface area contributed by atoms with Gasteiger partial charge in [0.1, 0.15) is 17.8 Å². The molecule has 0 aliphatic heterocycles. The van der Waals surface area contributed by atoms with Crippen molar-refractivity contribution in [2.75, 3.05) is 5.32 Å². The Kier molecular flexibility index (Phi) is 3.58. The van der Waals surface area contributed by atoms with Gasteiger partial charge in [-0.2, -0.15) is 0 Å². The van der Waals surface area contributed by atoms with Crippen LogP contribution < -0.4 is 5.32 Å². The second-order valence-corrected chi connectivity index (χ2v) is 5.94. The molecular formula is C16H11BrN6O. The highest BCUT2D eigenvalue weighted by Crippen LogP contribution is 2.29. The molecule has 0 aliphatic carbocycles. The van der Waals surface area contributed by atoms with E-state index < -0.39 is 0 Å². The van der Waals surface area contributed by atoms with Crippen molar-refractivity contribution in [3.05, 3.63) is 66.0 Å². The highest BCUT2D eigenvalue weighted by Gasteiger charge is 2.17. The molecule has 0 spiro atoms. The Morgan fingerprint density at radius 2 is 1.88 bits per heavy atom. The molecule has 0 atom stereocenters. The molecule has 0 bridgehead atoms. The number of imidazole rings is 2. The molecule has 0 saturated carbocycles. The highest BCUT2D eigenvalue weighted by molar-refractivity contribution is 9.10. The van der Waals surface area contributed by atoms with E-state index in [1.165, 1.54) is 10.9 Å². The zero-order valence-corrected chi connectivity index (χ0v) is 13.9. The second-order valence-electron chi connectivity index (χ2n) is 5.02. The van der Waals surface area contributed by atoms with Crippen LogP contribution in [0.2, 0.25) is 0 Å². The average Bonchev–Trinajstić information content (AvgIpc) is 3.24. The number of halogens is 1. The molecule has 0 saturated heterocycles. The lowest BCUT2D eigenvalue weighted by atomic mass is 10.1. The molecule has 1 N–H and O–H groups in total. The van der Waals surface area contributed by atoms with E-state index in [1.54, 1.807) is 35.4 Å². The minimum absolute atomic E-state index is 0.315. The van der Waals surface area contributed by atoms with Crippen molar-refractivity contribution in [3.8, 4) is 11.3 Å². The molecule has 1 amide bonds. The molecule has 1 aromatic carbocycles. The van der Waals surface area contributed by atoms with E-state index in [2.05, 4.69) is 36.2 Å². The highest BCUT2D eigenvalue weighted by atomic mass is 79.9. The Bertz CT molecular complexity index is 1010. The van der Waals surface area contributed by atoms with Gasteiger partial charge in [0.2, 0.25) is 0 Å². The fourth-order valence-electron chi connectivity index (χ4n) is 2.38. The number of nitrogens with one attached hydrogen (secondary N) is 1. The van der Waals surface area contributed by atoms with Gasteiger partial charge in [-0.05, 0) is 12.1 Å². The number of carbonyl (C=O) groups is 1. The summed E-state index contributed by atoms with van der Waals surface area (Å²) in [5, 5.41) is 2.89. The van der Waals surface area contributed by atoms with E-state index >= 15 is 0 Å². The lowest BCUT2D eigenvalue weighted by molar-refractivity contribution is 0.253. The van der Waals surface area contributed by atoms with Gasteiger partial charge in [-0.25, -0.2) is 14.8 Å². The molecule has 3 aromatic heterocycles. The standard InChI is InChI=1S/C16H11BrN6O/c17-12-3-1-11(2-4-12)14-15(21-16(24)22-7-5-19-10-22)23-8-6-18-9-13(23)20-14/h1-10H,(H,21,24). The molecular weight excluding hydrogens is 372 g/mol. The maximum atomic E-state index is 12.4. The van der Waals surface area contributed by atoms with Crippen LogP contribution in [0.25, 0.3) is 16.9 Å². The first-order valence-corrected chi connectivity index (χ1v) is 7.89. The van der Waals surface area contributed by atoms with E-state index in [-0.39, 0.29) is 6.03 Å².